The Kier molecular flexibility index (Phi) is 12.7. The first-order chi connectivity index (χ1) is 21.1. The highest BCUT2D eigenvalue weighted by atomic mass is 35.5. The molecule has 0 aliphatic heterocycles. The van der Waals surface area contributed by atoms with Gasteiger partial charge in [-0.2, -0.15) is 13.2 Å². The minimum atomic E-state index is -4.66. The highest BCUT2D eigenvalue weighted by molar-refractivity contribution is 7.92. The molecule has 1 atom stereocenters. The molecule has 0 fully saturated rings. The van der Waals surface area contributed by atoms with Crippen LogP contribution in [0.15, 0.2) is 72.8 Å². The van der Waals surface area contributed by atoms with E-state index in [1.165, 1.54) is 11.0 Å². The topological polar surface area (TPSA) is 86.8 Å². The first-order valence-corrected chi connectivity index (χ1v) is 16.9. The molecule has 45 heavy (non-hydrogen) atoms. The second-order valence-electron chi connectivity index (χ2n) is 11.1. The first kappa shape index (κ1) is 36.2. The van der Waals surface area contributed by atoms with Gasteiger partial charge in [0.2, 0.25) is 21.8 Å². The molecule has 0 spiro atoms. The predicted molar refractivity (Wildman–Crippen MR) is 172 cm³/mol. The van der Waals surface area contributed by atoms with Crippen LogP contribution in [-0.4, -0.2) is 50.5 Å². The Balaban J connectivity index is 1.92. The highest BCUT2D eigenvalue weighted by Gasteiger charge is 2.33. The van der Waals surface area contributed by atoms with Crippen molar-refractivity contribution in [2.45, 2.75) is 51.9 Å². The third-order valence-electron chi connectivity index (χ3n) is 6.91. The molecule has 244 valence electrons. The van der Waals surface area contributed by atoms with E-state index in [9.17, 15) is 31.2 Å². The summed E-state index contributed by atoms with van der Waals surface area (Å²) < 4.78 is 66.0. The third kappa shape index (κ3) is 10.9. The minimum Gasteiger partial charge on any atom is -0.354 e. The fourth-order valence-corrected chi connectivity index (χ4v) is 5.93. The molecule has 0 aliphatic rings. The number of amides is 2. The maximum absolute atomic E-state index is 13.9. The number of carbonyl (C=O) groups excluding carboxylic acids is 2. The van der Waals surface area contributed by atoms with Crippen LogP contribution in [0.3, 0.4) is 0 Å². The lowest BCUT2D eigenvalue weighted by Crippen LogP contribution is -2.51. The van der Waals surface area contributed by atoms with Crippen LogP contribution in [-0.2, 0) is 38.8 Å². The average molecular weight is 687 g/mol. The van der Waals surface area contributed by atoms with Gasteiger partial charge in [0.25, 0.3) is 0 Å². The average Bonchev–Trinajstić information content (AvgIpc) is 2.97. The lowest BCUT2D eigenvalue weighted by atomic mass is 10.0. The SMILES string of the molecule is CC(C)CNC(=O)[C@H](Cc1ccccc1)N(Cc1ccc(Cl)c(Cl)c1)C(=O)CCCN(c1cccc(C(F)(F)F)c1)S(C)(=O)=O. The Hall–Kier alpha value is -3.28. The Morgan fingerprint density at radius 3 is 2.20 bits per heavy atom. The number of carbonyl (C=O) groups is 2. The number of nitrogens with one attached hydrogen (secondary N) is 1. The molecule has 0 saturated heterocycles. The summed E-state index contributed by atoms with van der Waals surface area (Å²) in [4.78, 5) is 28.9. The molecule has 3 rings (SSSR count). The quantitative estimate of drug-likeness (QED) is 0.199. The van der Waals surface area contributed by atoms with E-state index in [1.807, 2.05) is 44.2 Å². The van der Waals surface area contributed by atoms with Crippen molar-refractivity contribution in [3.05, 3.63) is 99.5 Å². The van der Waals surface area contributed by atoms with Crippen LogP contribution in [0.5, 0.6) is 0 Å². The van der Waals surface area contributed by atoms with Crippen molar-refractivity contribution in [3.63, 3.8) is 0 Å². The molecule has 7 nitrogen and oxygen atoms in total. The molecular weight excluding hydrogens is 650 g/mol. The van der Waals surface area contributed by atoms with E-state index in [0.29, 0.717) is 17.1 Å². The van der Waals surface area contributed by atoms with Gasteiger partial charge in [0.15, 0.2) is 0 Å². The van der Waals surface area contributed by atoms with Gasteiger partial charge in [-0.1, -0.05) is 79.5 Å². The molecule has 1 N–H and O–H groups in total. The van der Waals surface area contributed by atoms with Gasteiger partial charge in [-0.3, -0.25) is 13.9 Å². The Morgan fingerprint density at radius 2 is 1.60 bits per heavy atom. The van der Waals surface area contributed by atoms with Crippen LogP contribution in [0, 0.1) is 5.92 Å². The fraction of sp³-hybridized carbons (Fsp3) is 0.375. The first-order valence-electron chi connectivity index (χ1n) is 14.3. The molecule has 3 aromatic rings. The van der Waals surface area contributed by atoms with Crippen LogP contribution in [0.2, 0.25) is 10.0 Å². The molecule has 3 aromatic carbocycles. The van der Waals surface area contributed by atoms with Crippen LogP contribution in [0.25, 0.3) is 0 Å². The van der Waals surface area contributed by atoms with Gasteiger partial charge in [-0.05, 0) is 53.8 Å². The number of hydrogen-bond donors (Lipinski definition) is 1. The summed E-state index contributed by atoms with van der Waals surface area (Å²) in [6.07, 6.45) is -3.77. The van der Waals surface area contributed by atoms with E-state index in [2.05, 4.69) is 5.32 Å². The van der Waals surface area contributed by atoms with E-state index in [1.54, 1.807) is 18.2 Å². The second-order valence-corrected chi connectivity index (χ2v) is 13.8. The molecule has 0 radical (unpaired) electrons. The summed E-state index contributed by atoms with van der Waals surface area (Å²) in [5.74, 6) is -0.648. The lowest BCUT2D eigenvalue weighted by Gasteiger charge is -2.32. The lowest BCUT2D eigenvalue weighted by molar-refractivity contribution is -0.141. The Morgan fingerprint density at radius 1 is 0.911 bits per heavy atom. The zero-order valence-electron chi connectivity index (χ0n) is 25.2. The van der Waals surface area contributed by atoms with Gasteiger partial charge in [0.05, 0.1) is 27.6 Å². The van der Waals surface area contributed by atoms with Gasteiger partial charge in [0.1, 0.15) is 6.04 Å². The van der Waals surface area contributed by atoms with Gasteiger partial charge < -0.3 is 10.2 Å². The number of benzene rings is 3. The van der Waals surface area contributed by atoms with E-state index < -0.39 is 33.7 Å². The maximum Gasteiger partial charge on any atom is 0.416 e. The zero-order valence-corrected chi connectivity index (χ0v) is 27.5. The predicted octanol–water partition coefficient (Wildman–Crippen LogP) is 6.97. The normalized spacial score (nSPS) is 12.6. The van der Waals surface area contributed by atoms with Gasteiger partial charge >= 0.3 is 6.18 Å². The van der Waals surface area contributed by atoms with Crippen molar-refractivity contribution in [2.75, 3.05) is 23.7 Å². The number of nitrogens with zero attached hydrogens (tertiary/aromatic N) is 2. The minimum absolute atomic E-state index is 0.00569. The molecule has 0 heterocycles. The van der Waals surface area contributed by atoms with Crippen molar-refractivity contribution in [1.82, 2.24) is 10.2 Å². The van der Waals surface area contributed by atoms with Crippen molar-refractivity contribution in [2.24, 2.45) is 5.92 Å². The number of halogens is 5. The standard InChI is InChI=1S/C32H36Cl2F3N3O4S/c1-22(2)20-38-31(42)29(18-23-9-5-4-6-10-23)39(21-24-14-15-27(33)28(34)17-24)30(41)13-8-16-40(45(3,43)44)26-12-7-11-25(19-26)32(35,36)37/h4-7,9-12,14-15,17,19,22,29H,8,13,16,18,20-21H2,1-3H3,(H,38,42)/t29-/m0/s1. The smallest absolute Gasteiger partial charge is 0.354 e. The maximum atomic E-state index is 13.9. The molecule has 0 bridgehead atoms. The fourth-order valence-electron chi connectivity index (χ4n) is 4.65. The number of rotatable bonds is 14. The largest absolute Gasteiger partial charge is 0.416 e. The van der Waals surface area contributed by atoms with Crippen molar-refractivity contribution in [1.29, 1.82) is 0 Å². The number of alkyl halides is 3. The van der Waals surface area contributed by atoms with Gasteiger partial charge in [-0.25, -0.2) is 8.42 Å². The Bertz CT molecular complexity index is 1570. The van der Waals surface area contributed by atoms with Crippen LogP contribution >= 0.6 is 23.2 Å². The van der Waals surface area contributed by atoms with Gasteiger partial charge in [0, 0.05) is 32.5 Å². The number of anilines is 1. The van der Waals surface area contributed by atoms with E-state index >= 15 is 0 Å². The van der Waals surface area contributed by atoms with E-state index in [4.69, 9.17) is 23.2 Å². The number of sulfonamides is 1. The van der Waals surface area contributed by atoms with Gasteiger partial charge in [-0.15, -0.1) is 0 Å². The van der Waals surface area contributed by atoms with Crippen molar-refractivity contribution < 1.29 is 31.2 Å². The summed E-state index contributed by atoms with van der Waals surface area (Å²) in [5, 5.41) is 3.51. The summed E-state index contributed by atoms with van der Waals surface area (Å²) >= 11 is 12.3. The summed E-state index contributed by atoms with van der Waals surface area (Å²) in [6, 6.07) is 17.2. The molecule has 0 aliphatic carbocycles. The molecule has 2 amide bonds. The summed E-state index contributed by atoms with van der Waals surface area (Å²) in [6.45, 7) is 4.03. The monoisotopic (exact) mass is 685 g/mol. The summed E-state index contributed by atoms with van der Waals surface area (Å²) in [5.41, 5.74) is 0.285. The third-order valence-corrected chi connectivity index (χ3v) is 8.84. The van der Waals surface area contributed by atoms with E-state index in [-0.39, 0.29) is 54.9 Å². The van der Waals surface area contributed by atoms with E-state index in [0.717, 1.165) is 34.3 Å². The Labute approximate surface area is 272 Å². The van der Waals surface area contributed by atoms with Crippen LogP contribution < -0.4 is 9.62 Å². The zero-order chi connectivity index (χ0) is 33.4. The second kappa shape index (κ2) is 15.8. The molecule has 13 heteroatoms. The van der Waals surface area contributed by atoms with Crippen molar-refractivity contribution >= 4 is 50.7 Å². The summed E-state index contributed by atoms with van der Waals surface area (Å²) in [7, 11) is -3.99. The molecule has 0 saturated carbocycles. The number of hydrogen-bond acceptors (Lipinski definition) is 4. The van der Waals surface area contributed by atoms with Crippen LogP contribution in [0.4, 0.5) is 18.9 Å². The molecule has 0 aromatic heterocycles. The van der Waals surface area contributed by atoms with Crippen molar-refractivity contribution in [3.8, 4) is 0 Å². The molecule has 0 unspecified atom stereocenters. The highest BCUT2D eigenvalue weighted by Crippen LogP contribution is 2.32. The van der Waals surface area contributed by atoms with Crippen LogP contribution in [0.1, 0.15) is 43.4 Å². The molecular formula is C32H36Cl2F3N3O4S.